The molecule has 8 aliphatic rings. The average Bonchev–Trinajstić information content (AvgIpc) is 2.81. The van der Waals surface area contributed by atoms with E-state index in [9.17, 15) is 0 Å². The predicted molar refractivity (Wildman–Crippen MR) is 183 cm³/mol. The first-order valence-electron chi connectivity index (χ1n) is 14.6. The van der Waals surface area contributed by atoms with Crippen LogP contribution in [0.4, 0.5) is 0 Å². The van der Waals surface area contributed by atoms with Crippen LogP contribution in [0.2, 0.25) is 0 Å². The lowest BCUT2D eigenvalue weighted by Gasteiger charge is -2.56. The molecule has 8 bridgehead atoms. The predicted octanol–water partition coefficient (Wildman–Crippen LogP) is 6.51. The van der Waals surface area contributed by atoms with Gasteiger partial charge in [-0.25, -0.2) is 0 Å². The normalized spacial score (nSPS) is 39.7. The fourth-order valence-electron chi connectivity index (χ4n) is 9.61. The van der Waals surface area contributed by atoms with Crippen molar-refractivity contribution in [1.29, 1.82) is 0 Å². The van der Waals surface area contributed by atoms with E-state index < -0.39 is 0 Å². The molecule has 0 heterocycles. The van der Waals surface area contributed by atoms with E-state index in [0.29, 0.717) is 9.49 Å². The molecule has 6 N–H and O–H groups in total. The van der Waals surface area contributed by atoms with E-state index in [0.717, 1.165) is 83.3 Å². The van der Waals surface area contributed by atoms with Gasteiger partial charge in [0.2, 0.25) is 0 Å². The number of amidine groups is 2. The van der Waals surface area contributed by atoms with Crippen molar-refractivity contribution in [1.82, 2.24) is 0 Å². The Kier molecular flexibility index (Phi) is 13.3. The summed E-state index contributed by atoms with van der Waals surface area (Å²) in [5.41, 5.74) is 12.4. The molecule has 0 spiro atoms. The molecule has 8 fully saturated rings. The average molecular weight is 658 g/mol. The van der Waals surface area contributed by atoms with Crippen molar-refractivity contribution in [3.63, 3.8) is 0 Å². The quantitative estimate of drug-likeness (QED) is 0.101. The van der Waals surface area contributed by atoms with Gasteiger partial charge < -0.3 is 16.9 Å². The molecule has 0 saturated heterocycles. The Hall–Kier alpha value is 0.880. The van der Waals surface area contributed by atoms with Gasteiger partial charge in [0.15, 0.2) is 0 Å². The van der Waals surface area contributed by atoms with Gasteiger partial charge in [0.1, 0.15) is 11.7 Å². The van der Waals surface area contributed by atoms with Crippen LogP contribution < -0.4 is 11.5 Å². The SMILES string of the molecule is Cl.Cl.NC(CSSCC(N)=NCCSC12CC3CC(CC(C3)C1)C2)=NCCSC12CC3CC(CC(C3)C1)C2.O. The van der Waals surface area contributed by atoms with Crippen LogP contribution in [0.1, 0.15) is 77.0 Å². The van der Waals surface area contributed by atoms with Gasteiger partial charge in [0.05, 0.1) is 24.6 Å². The van der Waals surface area contributed by atoms with Crippen LogP contribution >= 0.6 is 69.9 Å². The minimum absolute atomic E-state index is 0. The molecule has 8 aliphatic carbocycles. The van der Waals surface area contributed by atoms with Gasteiger partial charge in [-0.2, -0.15) is 23.5 Å². The number of rotatable bonds is 13. The second-order valence-corrected chi connectivity index (χ2v) is 18.8. The maximum absolute atomic E-state index is 6.20. The lowest BCUT2D eigenvalue weighted by atomic mass is 9.56. The highest BCUT2D eigenvalue weighted by atomic mass is 35.5. The molecule has 11 heteroatoms. The first kappa shape index (κ1) is 34.4. The summed E-state index contributed by atoms with van der Waals surface area (Å²) in [6.45, 7) is 1.74. The Morgan fingerprint density at radius 1 is 0.564 bits per heavy atom. The zero-order chi connectivity index (χ0) is 24.6. The van der Waals surface area contributed by atoms with Crippen molar-refractivity contribution in [2.24, 2.45) is 57.0 Å². The van der Waals surface area contributed by atoms with Crippen molar-refractivity contribution in [2.75, 3.05) is 36.1 Å². The maximum Gasteiger partial charge on any atom is 0.105 e. The molecule has 0 aromatic heterocycles. The van der Waals surface area contributed by atoms with Crippen LogP contribution in [0.5, 0.6) is 0 Å². The first-order chi connectivity index (χ1) is 17.5. The summed E-state index contributed by atoms with van der Waals surface area (Å²) in [5.74, 6) is 11.6. The number of thioether (sulfide) groups is 2. The molecule has 0 aliphatic heterocycles. The lowest BCUT2D eigenvalue weighted by Crippen LogP contribution is -2.48. The monoisotopic (exact) mass is 656 g/mol. The largest absolute Gasteiger partial charge is 0.412 e. The summed E-state index contributed by atoms with van der Waals surface area (Å²) >= 11 is 4.45. The highest BCUT2D eigenvalue weighted by molar-refractivity contribution is 8.77. The van der Waals surface area contributed by atoms with E-state index in [2.05, 4.69) is 33.5 Å². The molecule has 0 aromatic rings. The van der Waals surface area contributed by atoms with Crippen molar-refractivity contribution in [3.05, 3.63) is 0 Å². The van der Waals surface area contributed by atoms with Gasteiger partial charge in [-0.15, -0.1) is 24.8 Å². The number of nitrogens with zero attached hydrogens (tertiary/aromatic N) is 2. The molecule has 226 valence electrons. The molecule has 0 aromatic carbocycles. The van der Waals surface area contributed by atoms with Gasteiger partial charge in [0, 0.05) is 21.0 Å². The van der Waals surface area contributed by atoms with Crippen LogP contribution in [-0.4, -0.2) is 62.7 Å². The molecule has 0 unspecified atom stereocenters. The molecule has 39 heavy (non-hydrogen) atoms. The molecule has 0 radical (unpaired) electrons. The second-order valence-electron chi connectivity index (χ2n) is 13.2. The lowest BCUT2D eigenvalue weighted by molar-refractivity contribution is 0.0382. The Morgan fingerprint density at radius 3 is 1.13 bits per heavy atom. The van der Waals surface area contributed by atoms with Gasteiger partial charge >= 0.3 is 0 Å². The smallest absolute Gasteiger partial charge is 0.105 e. The molecular formula is C28H50Cl2N4OS4. The molecular weight excluding hydrogens is 608 g/mol. The second kappa shape index (κ2) is 15.1. The number of halogens is 2. The zero-order valence-electron chi connectivity index (χ0n) is 23.2. The summed E-state index contributed by atoms with van der Waals surface area (Å²) in [5, 5.41) is 0. The third kappa shape index (κ3) is 8.72. The number of aliphatic imine (C=N–C) groups is 2. The minimum atomic E-state index is 0. The van der Waals surface area contributed by atoms with E-state index in [-0.39, 0.29) is 30.3 Å². The van der Waals surface area contributed by atoms with Crippen molar-refractivity contribution < 1.29 is 5.48 Å². The number of hydrogen-bond acceptors (Lipinski definition) is 6. The summed E-state index contributed by atoms with van der Waals surface area (Å²) < 4.78 is 1.18. The van der Waals surface area contributed by atoms with Gasteiger partial charge in [0.25, 0.3) is 0 Å². The fourth-order valence-corrected chi connectivity index (χ4v) is 14.8. The summed E-state index contributed by atoms with van der Waals surface area (Å²) in [4.78, 5) is 9.34. The highest BCUT2D eigenvalue weighted by Gasteiger charge is 2.52. The molecule has 5 nitrogen and oxygen atoms in total. The van der Waals surface area contributed by atoms with Crippen LogP contribution in [-0.2, 0) is 0 Å². The summed E-state index contributed by atoms with van der Waals surface area (Å²) in [6, 6.07) is 0. The van der Waals surface area contributed by atoms with Gasteiger partial charge in [-0.05, 0) is 113 Å². The van der Waals surface area contributed by atoms with Crippen molar-refractivity contribution in [2.45, 2.75) is 86.5 Å². The van der Waals surface area contributed by atoms with E-state index in [1.807, 2.05) is 0 Å². The summed E-state index contributed by atoms with van der Waals surface area (Å²) in [7, 11) is 3.52. The third-order valence-corrected chi connectivity index (χ3v) is 15.3. The van der Waals surface area contributed by atoms with E-state index >= 15 is 0 Å². The van der Waals surface area contributed by atoms with Crippen LogP contribution in [0.15, 0.2) is 9.98 Å². The van der Waals surface area contributed by atoms with Crippen molar-refractivity contribution in [3.8, 4) is 0 Å². The Bertz CT molecular complexity index is 723. The van der Waals surface area contributed by atoms with E-state index in [4.69, 9.17) is 11.5 Å². The Morgan fingerprint density at radius 2 is 0.846 bits per heavy atom. The topological polar surface area (TPSA) is 108 Å². The molecule has 0 amide bonds. The molecule has 8 saturated carbocycles. The third-order valence-electron chi connectivity index (χ3n) is 10.1. The summed E-state index contributed by atoms with van der Waals surface area (Å²) in [6.07, 6.45) is 18.0. The van der Waals surface area contributed by atoms with Crippen LogP contribution in [0.3, 0.4) is 0 Å². The minimum Gasteiger partial charge on any atom is -0.412 e. The van der Waals surface area contributed by atoms with E-state index in [1.54, 1.807) is 21.6 Å². The van der Waals surface area contributed by atoms with Crippen LogP contribution in [0, 0.1) is 35.5 Å². The zero-order valence-corrected chi connectivity index (χ0v) is 28.1. The highest BCUT2D eigenvalue weighted by Crippen LogP contribution is 2.61. The van der Waals surface area contributed by atoms with E-state index in [1.165, 1.54) is 77.0 Å². The molecule has 8 rings (SSSR count). The molecule has 0 atom stereocenters. The van der Waals surface area contributed by atoms with Crippen molar-refractivity contribution >= 4 is 81.6 Å². The Labute approximate surface area is 265 Å². The first-order valence-corrected chi connectivity index (χ1v) is 19.0. The number of hydrogen-bond donors (Lipinski definition) is 2. The fraction of sp³-hybridized carbons (Fsp3) is 0.929. The Balaban J connectivity index is 0.00000140. The van der Waals surface area contributed by atoms with Crippen LogP contribution in [0.25, 0.3) is 0 Å². The standard InChI is InChI=1S/C28H46N4S4.2ClH.H2O/c29-25(31-1-3-33-27-11-19-5-20(12-27)7-21(6-19)13-27)17-35-36-18-26(30)32-2-4-34-28-14-22-8-23(15-28)10-24(9-22)16-28;;;/h19-24H,1-18H2,(H2,29,31)(H2,30,32);2*1H;1H2. The van der Waals surface area contributed by atoms with Gasteiger partial charge in [-0.3, -0.25) is 9.98 Å². The number of nitrogens with two attached hydrogens (primary N) is 2. The van der Waals surface area contributed by atoms with Gasteiger partial charge in [-0.1, -0.05) is 21.6 Å². The maximum atomic E-state index is 6.20.